The van der Waals surface area contributed by atoms with Crippen molar-refractivity contribution < 1.29 is 0 Å². The Morgan fingerprint density at radius 2 is 2.50 bits per heavy atom. The third kappa shape index (κ3) is 3.03. The van der Waals surface area contributed by atoms with Crippen molar-refractivity contribution in [3.63, 3.8) is 0 Å². The van der Waals surface area contributed by atoms with Crippen LogP contribution in [-0.2, 0) is 6.54 Å². The second-order valence-electron chi connectivity index (χ2n) is 4.57. The van der Waals surface area contributed by atoms with Crippen LogP contribution < -0.4 is 5.32 Å². The van der Waals surface area contributed by atoms with E-state index in [2.05, 4.69) is 29.0 Å². The molecule has 0 spiro atoms. The minimum atomic E-state index is 0.680. The van der Waals surface area contributed by atoms with Crippen LogP contribution >= 0.6 is 11.3 Å². The molecule has 1 fully saturated rings. The van der Waals surface area contributed by atoms with Gasteiger partial charge in [-0.15, -0.1) is 11.3 Å². The van der Waals surface area contributed by atoms with Gasteiger partial charge in [0.2, 0.25) is 0 Å². The van der Waals surface area contributed by atoms with Gasteiger partial charge in [-0.2, -0.15) is 0 Å². The number of hydrogen-bond donors (Lipinski definition) is 1. The van der Waals surface area contributed by atoms with Crippen LogP contribution in [0.1, 0.15) is 31.6 Å². The Balaban J connectivity index is 1.84. The Labute approximate surface area is 102 Å². The second-order valence-corrected chi connectivity index (χ2v) is 5.54. The molecule has 0 aromatic carbocycles. The van der Waals surface area contributed by atoms with Crippen LogP contribution in [0.15, 0.2) is 11.7 Å². The molecule has 2 heterocycles. The van der Waals surface area contributed by atoms with Crippen molar-refractivity contribution in [2.75, 3.05) is 13.1 Å². The van der Waals surface area contributed by atoms with Crippen LogP contribution in [0.4, 0.5) is 0 Å². The summed E-state index contributed by atoms with van der Waals surface area (Å²) >= 11 is 1.76. The van der Waals surface area contributed by atoms with Crippen molar-refractivity contribution in [3.8, 4) is 0 Å². The van der Waals surface area contributed by atoms with Gasteiger partial charge in [-0.05, 0) is 26.3 Å². The van der Waals surface area contributed by atoms with E-state index in [4.69, 9.17) is 0 Å². The van der Waals surface area contributed by atoms with Crippen LogP contribution in [0.2, 0.25) is 0 Å². The predicted molar refractivity (Wildman–Crippen MR) is 68.7 cm³/mol. The molecule has 16 heavy (non-hydrogen) atoms. The maximum Gasteiger partial charge on any atom is 0.0794 e. The molecule has 1 N–H and O–H groups in total. The number of hydrogen-bond acceptors (Lipinski definition) is 4. The minimum Gasteiger partial charge on any atom is -0.314 e. The highest BCUT2D eigenvalue weighted by atomic mass is 32.1. The maximum absolute atomic E-state index is 4.14. The maximum atomic E-state index is 4.14. The largest absolute Gasteiger partial charge is 0.314 e. The smallest absolute Gasteiger partial charge is 0.0794 e. The van der Waals surface area contributed by atoms with Gasteiger partial charge in [0.1, 0.15) is 0 Å². The standard InChI is InChI=1S/C12H21N3S/c1-3-14-11-4-5-15(10(2)6-11)8-12-7-13-9-16-12/h7,9-11,14H,3-6,8H2,1-2H3. The lowest BCUT2D eigenvalue weighted by Crippen LogP contribution is -2.46. The molecule has 1 aliphatic rings. The third-order valence-electron chi connectivity index (χ3n) is 3.35. The first-order valence-electron chi connectivity index (χ1n) is 6.14. The van der Waals surface area contributed by atoms with Crippen molar-refractivity contribution in [1.29, 1.82) is 0 Å². The molecule has 2 rings (SSSR count). The van der Waals surface area contributed by atoms with E-state index in [0.717, 1.165) is 19.1 Å². The predicted octanol–water partition coefficient (Wildman–Crippen LogP) is 2.11. The van der Waals surface area contributed by atoms with Gasteiger partial charge in [-0.1, -0.05) is 6.92 Å². The first-order valence-corrected chi connectivity index (χ1v) is 7.02. The van der Waals surface area contributed by atoms with E-state index < -0.39 is 0 Å². The minimum absolute atomic E-state index is 0.680. The van der Waals surface area contributed by atoms with Gasteiger partial charge in [0.15, 0.2) is 0 Å². The SMILES string of the molecule is CCNC1CCN(Cc2cncs2)C(C)C1. The molecular formula is C12H21N3S. The topological polar surface area (TPSA) is 28.2 Å². The van der Waals surface area contributed by atoms with Crippen molar-refractivity contribution in [3.05, 3.63) is 16.6 Å². The molecule has 0 amide bonds. The summed E-state index contributed by atoms with van der Waals surface area (Å²) in [7, 11) is 0. The molecule has 0 aliphatic carbocycles. The lowest BCUT2D eigenvalue weighted by Gasteiger charge is -2.37. The molecule has 1 aromatic rings. The van der Waals surface area contributed by atoms with Crippen molar-refractivity contribution in [2.45, 2.75) is 45.3 Å². The molecule has 1 saturated heterocycles. The van der Waals surface area contributed by atoms with Crippen LogP contribution in [0.3, 0.4) is 0 Å². The van der Waals surface area contributed by atoms with Gasteiger partial charge in [0.25, 0.3) is 0 Å². The van der Waals surface area contributed by atoms with E-state index in [9.17, 15) is 0 Å². The third-order valence-corrected chi connectivity index (χ3v) is 4.11. The number of aromatic nitrogens is 1. The van der Waals surface area contributed by atoms with E-state index in [-0.39, 0.29) is 0 Å². The molecule has 3 nitrogen and oxygen atoms in total. The number of rotatable bonds is 4. The molecule has 90 valence electrons. The fraction of sp³-hybridized carbons (Fsp3) is 0.750. The first kappa shape index (κ1) is 12.0. The summed E-state index contributed by atoms with van der Waals surface area (Å²) in [6.45, 7) is 7.90. The van der Waals surface area contributed by atoms with Gasteiger partial charge in [-0.25, -0.2) is 0 Å². The summed E-state index contributed by atoms with van der Waals surface area (Å²) in [5, 5.41) is 3.56. The van der Waals surface area contributed by atoms with Gasteiger partial charge < -0.3 is 5.32 Å². The summed E-state index contributed by atoms with van der Waals surface area (Å²) in [5.41, 5.74) is 1.92. The van der Waals surface area contributed by atoms with Crippen molar-refractivity contribution in [1.82, 2.24) is 15.2 Å². The van der Waals surface area contributed by atoms with E-state index in [1.54, 1.807) is 11.3 Å². The van der Waals surface area contributed by atoms with Gasteiger partial charge >= 0.3 is 0 Å². The zero-order chi connectivity index (χ0) is 11.4. The Morgan fingerprint density at radius 1 is 1.62 bits per heavy atom. The Kier molecular flexibility index (Phi) is 4.32. The molecule has 1 aliphatic heterocycles. The number of likely N-dealkylation sites (tertiary alicyclic amines) is 1. The Bertz CT molecular complexity index is 299. The molecule has 2 atom stereocenters. The zero-order valence-electron chi connectivity index (χ0n) is 10.1. The molecular weight excluding hydrogens is 218 g/mol. The fourth-order valence-corrected chi connectivity index (χ4v) is 3.07. The highest BCUT2D eigenvalue weighted by molar-refractivity contribution is 7.09. The van der Waals surface area contributed by atoms with Gasteiger partial charge in [0.05, 0.1) is 5.51 Å². The normalized spacial score (nSPS) is 27.1. The van der Waals surface area contributed by atoms with Crippen molar-refractivity contribution in [2.24, 2.45) is 0 Å². The second kappa shape index (κ2) is 5.75. The average molecular weight is 239 g/mol. The lowest BCUT2D eigenvalue weighted by atomic mass is 9.98. The zero-order valence-corrected chi connectivity index (χ0v) is 11.0. The van der Waals surface area contributed by atoms with Crippen LogP contribution in [-0.4, -0.2) is 35.1 Å². The van der Waals surface area contributed by atoms with Gasteiger partial charge in [0, 0.05) is 36.2 Å². The van der Waals surface area contributed by atoms with Crippen LogP contribution in [0, 0.1) is 0 Å². The van der Waals surface area contributed by atoms with E-state index in [0.29, 0.717) is 6.04 Å². The quantitative estimate of drug-likeness (QED) is 0.872. The van der Waals surface area contributed by atoms with E-state index >= 15 is 0 Å². The number of nitrogens with zero attached hydrogens (tertiary/aromatic N) is 2. The van der Waals surface area contributed by atoms with Gasteiger partial charge in [-0.3, -0.25) is 9.88 Å². The number of piperidine rings is 1. The van der Waals surface area contributed by atoms with Crippen molar-refractivity contribution >= 4 is 11.3 Å². The average Bonchev–Trinajstić information content (AvgIpc) is 2.75. The summed E-state index contributed by atoms with van der Waals surface area (Å²) in [6, 6.07) is 1.40. The Morgan fingerprint density at radius 3 is 3.12 bits per heavy atom. The summed E-state index contributed by atoms with van der Waals surface area (Å²) < 4.78 is 0. The fourth-order valence-electron chi connectivity index (χ4n) is 2.45. The molecule has 4 heteroatoms. The van der Waals surface area contributed by atoms with E-state index in [1.807, 2.05) is 11.7 Å². The number of thiazole rings is 1. The highest BCUT2D eigenvalue weighted by Gasteiger charge is 2.24. The summed E-state index contributed by atoms with van der Waals surface area (Å²) in [4.78, 5) is 8.09. The molecule has 0 saturated carbocycles. The first-order chi connectivity index (χ1) is 7.79. The summed E-state index contributed by atoms with van der Waals surface area (Å²) in [6.07, 6.45) is 4.54. The van der Waals surface area contributed by atoms with Crippen LogP contribution in [0.25, 0.3) is 0 Å². The summed E-state index contributed by atoms with van der Waals surface area (Å²) in [5.74, 6) is 0. The molecule has 1 aromatic heterocycles. The molecule has 0 bridgehead atoms. The molecule has 2 unspecified atom stereocenters. The highest BCUT2D eigenvalue weighted by Crippen LogP contribution is 2.20. The Hall–Kier alpha value is -0.450. The molecule has 0 radical (unpaired) electrons. The number of nitrogens with one attached hydrogen (secondary N) is 1. The monoisotopic (exact) mass is 239 g/mol. The van der Waals surface area contributed by atoms with E-state index in [1.165, 1.54) is 24.3 Å². The lowest BCUT2D eigenvalue weighted by molar-refractivity contribution is 0.130. The van der Waals surface area contributed by atoms with Crippen LogP contribution in [0.5, 0.6) is 0 Å².